The van der Waals surface area contributed by atoms with Crippen LogP contribution < -0.4 is 9.62 Å². The second-order valence-electron chi connectivity index (χ2n) is 6.50. The van der Waals surface area contributed by atoms with Crippen molar-refractivity contribution in [1.82, 2.24) is 5.32 Å². The zero-order chi connectivity index (χ0) is 20.0. The number of thioether (sulfide) groups is 1. The van der Waals surface area contributed by atoms with Crippen LogP contribution in [0.25, 0.3) is 0 Å². The van der Waals surface area contributed by atoms with Crippen LogP contribution in [-0.2, 0) is 20.6 Å². The number of furan rings is 1. The van der Waals surface area contributed by atoms with Crippen LogP contribution in [0.5, 0.6) is 0 Å². The maximum absolute atomic E-state index is 12.5. The molecule has 0 saturated carbocycles. The highest BCUT2D eigenvalue weighted by molar-refractivity contribution is 7.98. The van der Waals surface area contributed by atoms with Gasteiger partial charge in [0.15, 0.2) is 0 Å². The molecule has 1 N–H and O–H groups in total. The van der Waals surface area contributed by atoms with Crippen LogP contribution in [0.4, 0.5) is 5.69 Å². The van der Waals surface area contributed by atoms with Gasteiger partial charge in [0.1, 0.15) is 11.8 Å². The molecule has 0 fully saturated rings. The van der Waals surface area contributed by atoms with Crippen molar-refractivity contribution in [3.05, 3.63) is 53.5 Å². The zero-order valence-corrected chi connectivity index (χ0v) is 17.7. The summed E-state index contributed by atoms with van der Waals surface area (Å²) in [4.78, 5) is 12.5. The van der Waals surface area contributed by atoms with Gasteiger partial charge in [-0.25, -0.2) is 8.42 Å². The molecule has 1 heterocycles. The fourth-order valence-corrected chi connectivity index (χ4v) is 4.76. The number of nitrogens with zero attached hydrogens (tertiary/aromatic N) is 1. The predicted molar refractivity (Wildman–Crippen MR) is 111 cm³/mol. The largest absolute Gasteiger partial charge is 0.468 e. The minimum Gasteiger partial charge on any atom is -0.468 e. The van der Waals surface area contributed by atoms with Crippen LogP contribution in [0.15, 0.2) is 41.0 Å². The van der Waals surface area contributed by atoms with E-state index in [2.05, 4.69) is 5.32 Å². The normalized spacial score (nSPS) is 12.6. The predicted octanol–water partition coefficient (Wildman–Crippen LogP) is 3.10. The topological polar surface area (TPSA) is 79.6 Å². The molecular formula is C19H26N2O4S2. The Morgan fingerprint density at radius 1 is 1.26 bits per heavy atom. The van der Waals surface area contributed by atoms with E-state index in [0.717, 1.165) is 28.9 Å². The second kappa shape index (κ2) is 9.32. The number of sulfonamides is 1. The van der Waals surface area contributed by atoms with E-state index < -0.39 is 16.1 Å². The van der Waals surface area contributed by atoms with Gasteiger partial charge in [0, 0.05) is 12.3 Å². The number of carbonyl (C=O) groups excluding carboxylic acids is 1. The van der Waals surface area contributed by atoms with Crippen molar-refractivity contribution in [2.24, 2.45) is 0 Å². The average molecular weight is 411 g/mol. The highest BCUT2D eigenvalue weighted by Crippen LogP contribution is 2.24. The molecule has 8 heteroatoms. The third-order valence-electron chi connectivity index (χ3n) is 3.92. The highest BCUT2D eigenvalue weighted by atomic mass is 32.2. The number of hydrogen-bond donors (Lipinski definition) is 1. The van der Waals surface area contributed by atoms with Gasteiger partial charge in [-0.15, -0.1) is 0 Å². The molecule has 0 aliphatic rings. The molecule has 1 aromatic carbocycles. The molecular weight excluding hydrogens is 384 g/mol. The number of benzene rings is 1. The van der Waals surface area contributed by atoms with Gasteiger partial charge >= 0.3 is 0 Å². The van der Waals surface area contributed by atoms with Crippen molar-refractivity contribution < 1.29 is 17.6 Å². The molecule has 2 aromatic rings. The number of anilines is 1. The summed E-state index contributed by atoms with van der Waals surface area (Å²) in [5.41, 5.74) is 2.39. The van der Waals surface area contributed by atoms with E-state index in [1.165, 1.54) is 4.31 Å². The molecule has 6 nitrogen and oxygen atoms in total. The lowest BCUT2D eigenvalue weighted by Crippen LogP contribution is -2.48. The molecule has 0 saturated heterocycles. The van der Waals surface area contributed by atoms with E-state index in [-0.39, 0.29) is 5.91 Å². The lowest BCUT2D eigenvalue weighted by molar-refractivity contribution is -0.121. The van der Waals surface area contributed by atoms with Crippen LogP contribution in [-0.4, -0.2) is 38.9 Å². The van der Waals surface area contributed by atoms with Crippen molar-refractivity contribution in [3.8, 4) is 0 Å². The molecule has 2 rings (SSSR count). The van der Waals surface area contributed by atoms with E-state index in [0.29, 0.717) is 18.0 Å². The summed E-state index contributed by atoms with van der Waals surface area (Å²) in [5.74, 6) is 2.01. The lowest BCUT2D eigenvalue weighted by Gasteiger charge is -2.28. The summed E-state index contributed by atoms with van der Waals surface area (Å²) < 4.78 is 31.1. The molecule has 1 amide bonds. The first-order chi connectivity index (χ1) is 12.7. The lowest BCUT2D eigenvalue weighted by atomic mass is 10.1. The molecule has 0 aliphatic carbocycles. The smallest absolute Gasteiger partial charge is 0.243 e. The Morgan fingerprint density at radius 3 is 2.48 bits per heavy atom. The van der Waals surface area contributed by atoms with Crippen molar-refractivity contribution in [2.75, 3.05) is 22.9 Å². The van der Waals surface area contributed by atoms with E-state index in [1.54, 1.807) is 37.1 Å². The number of amides is 1. The number of rotatable bonds is 9. The first-order valence-electron chi connectivity index (χ1n) is 8.64. The molecule has 148 valence electrons. The highest BCUT2D eigenvalue weighted by Gasteiger charge is 2.29. The maximum atomic E-state index is 12.5. The molecule has 27 heavy (non-hydrogen) atoms. The third-order valence-corrected chi connectivity index (χ3v) is 6.14. The zero-order valence-electron chi connectivity index (χ0n) is 16.1. The first kappa shape index (κ1) is 21.4. The van der Waals surface area contributed by atoms with E-state index >= 15 is 0 Å². The standard InChI is InChI=1S/C19H26N2O4S2/c1-14-10-15(2)12-17(11-14)21(27(4,23)24)16(3)19(22)20-7-9-26-13-18-6-5-8-25-18/h5-6,8,10-12,16H,7,9,13H2,1-4H3,(H,20,22)/t16-/m1/s1. The number of hydrogen-bond acceptors (Lipinski definition) is 5. The summed E-state index contributed by atoms with van der Waals surface area (Å²) in [7, 11) is -3.61. The van der Waals surface area contributed by atoms with Crippen LogP contribution in [0, 0.1) is 13.8 Å². The van der Waals surface area contributed by atoms with Gasteiger partial charge in [-0.3, -0.25) is 9.10 Å². The molecule has 0 bridgehead atoms. The van der Waals surface area contributed by atoms with Gasteiger partial charge in [-0.05, 0) is 56.2 Å². The number of nitrogens with one attached hydrogen (secondary N) is 1. The van der Waals surface area contributed by atoms with Gasteiger partial charge in [0.05, 0.1) is 24.0 Å². The molecule has 0 radical (unpaired) electrons. The maximum Gasteiger partial charge on any atom is 0.243 e. The van der Waals surface area contributed by atoms with Crippen molar-refractivity contribution in [2.45, 2.75) is 32.6 Å². The van der Waals surface area contributed by atoms with Crippen molar-refractivity contribution in [1.29, 1.82) is 0 Å². The number of aryl methyl sites for hydroxylation is 2. The van der Waals surface area contributed by atoms with Crippen molar-refractivity contribution in [3.63, 3.8) is 0 Å². The summed E-state index contributed by atoms with van der Waals surface area (Å²) in [5, 5.41) is 2.82. The van der Waals surface area contributed by atoms with Gasteiger partial charge in [0.2, 0.25) is 15.9 Å². The third kappa shape index (κ3) is 6.32. The quantitative estimate of drug-likeness (QED) is 0.643. The monoisotopic (exact) mass is 410 g/mol. The molecule has 0 spiro atoms. The van der Waals surface area contributed by atoms with Crippen LogP contribution in [0.1, 0.15) is 23.8 Å². The Balaban J connectivity index is 1.98. The number of carbonyl (C=O) groups is 1. The van der Waals surface area contributed by atoms with Crippen molar-refractivity contribution >= 4 is 33.4 Å². The van der Waals surface area contributed by atoms with Gasteiger partial charge in [-0.1, -0.05) is 6.07 Å². The molecule has 1 aromatic heterocycles. The Hall–Kier alpha value is -1.93. The summed E-state index contributed by atoms with van der Waals surface area (Å²) in [6, 6.07) is 8.42. The van der Waals surface area contributed by atoms with Gasteiger partial charge < -0.3 is 9.73 Å². The molecule has 0 unspecified atom stereocenters. The average Bonchev–Trinajstić information content (AvgIpc) is 3.05. The molecule has 0 aliphatic heterocycles. The first-order valence-corrected chi connectivity index (χ1v) is 11.6. The Morgan fingerprint density at radius 2 is 1.93 bits per heavy atom. The van der Waals surface area contributed by atoms with E-state index in [1.807, 2.05) is 32.0 Å². The van der Waals surface area contributed by atoms with E-state index in [4.69, 9.17) is 4.42 Å². The fourth-order valence-electron chi connectivity index (χ4n) is 2.85. The fraction of sp³-hybridized carbons (Fsp3) is 0.421. The second-order valence-corrected chi connectivity index (χ2v) is 9.47. The Labute approximate surface area is 165 Å². The van der Waals surface area contributed by atoms with Crippen LogP contribution >= 0.6 is 11.8 Å². The van der Waals surface area contributed by atoms with Crippen LogP contribution in [0.2, 0.25) is 0 Å². The Kier molecular flexibility index (Phi) is 7.38. The summed E-state index contributed by atoms with van der Waals surface area (Å²) >= 11 is 1.64. The Bertz CT molecular complexity index is 844. The van der Waals surface area contributed by atoms with Gasteiger partial charge in [0.25, 0.3) is 0 Å². The molecule has 1 atom stereocenters. The summed E-state index contributed by atoms with van der Waals surface area (Å²) in [6.07, 6.45) is 2.75. The SMILES string of the molecule is Cc1cc(C)cc(N([C@H](C)C(=O)NCCSCc2ccco2)S(C)(=O)=O)c1. The summed E-state index contributed by atoms with van der Waals surface area (Å²) in [6.45, 7) is 5.86. The van der Waals surface area contributed by atoms with Gasteiger partial charge in [-0.2, -0.15) is 11.8 Å². The minimum absolute atomic E-state index is 0.321. The van der Waals surface area contributed by atoms with E-state index in [9.17, 15) is 13.2 Å². The van der Waals surface area contributed by atoms with Crippen LogP contribution in [0.3, 0.4) is 0 Å². The minimum atomic E-state index is -3.61.